The van der Waals surface area contributed by atoms with E-state index in [0.717, 1.165) is 5.56 Å². The molecular formula is C24H24N4O2S. The first-order chi connectivity index (χ1) is 15.1. The summed E-state index contributed by atoms with van der Waals surface area (Å²) in [6.45, 7) is 4.87. The molecule has 2 amide bonds. The normalized spacial score (nSPS) is 11.4. The van der Waals surface area contributed by atoms with Crippen molar-refractivity contribution >= 4 is 28.5 Å². The highest BCUT2D eigenvalue weighted by atomic mass is 32.2. The van der Waals surface area contributed by atoms with E-state index in [4.69, 9.17) is 0 Å². The Morgan fingerprint density at radius 1 is 0.839 bits per heavy atom. The number of likely N-dealkylation sites (N-methyl/N-ethyl adjacent to an activating group) is 1. The van der Waals surface area contributed by atoms with Gasteiger partial charge in [0.2, 0.25) is 0 Å². The fraction of sp³-hybridized carbons (Fsp3) is 0.167. The predicted octanol–water partition coefficient (Wildman–Crippen LogP) is 4.24. The standard InChI is InChI=1S/C24H24N4O2S/c1-3-28(4-2)23(30)20(27-22(29)19-14-9-6-10-15-19)21(18-12-7-5-8-13-18)31-24-25-16-11-17-26-24/h5-17H,3-4H2,1-2H3,(H,27,29)/b21-20+. The van der Waals surface area contributed by atoms with Gasteiger partial charge in [-0.25, -0.2) is 9.97 Å². The molecule has 0 aliphatic heterocycles. The van der Waals surface area contributed by atoms with Crippen LogP contribution in [0.3, 0.4) is 0 Å². The second-order valence-corrected chi connectivity index (χ2v) is 7.48. The van der Waals surface area contributed by atoms with E-state index in [1.54, 1.807) is 47.6 Å². The smallest absolute Gasteiger partial charge is 0.271 e. The molecule has 1 aromatic heterocycles. The summed E-state index contributed by atoms with van der Waals surface area (Å²) in [5.41, 5.74) is 1.48. The van der Waals surface area contributed by atoms with Crippen LogP contribution in [0.5, 0.6) is 0 Å². The molecule has 6 nitrogen and oxygen atoms in total. The molecule has 0 saturated carbocycles. The van der Waals surface area contributed by atoms with E-state index in [0.29, 0.717) is 28.7 Å². The van der Waals surface area contributed by atoms with Crippen LogP contribution in [-0.2, 0) is 4.79 Å². The summed E-state index contributed by atoms with van der Waals surface area (Å²) in [4.78, 5) is 37.3. The van der Waals surface area contributed by atoms with Gasteiger partial charge in [0, 0.05) is 31.0 Å². The third-order valence-corrected chi connectivity index (χ3v) is 5.57. The van der Waals surface area contributed by atoms with Crippen molar-refractivity contribution in [3.8, 4) is 0 Å². The molecule has 3 rings (SSSR count). The maximum Gasteiger partial charge on any atom is 0.271 e. The minimum absolute atomic E-state index is 0.209. The van der Waals surface area contributed by atoms with Crippen LogP contribution >= 0.6 is 11.8 Å². The van der Waals surface area contributed by atoms with Gasteiger partial charge in [-0.05, 0) is 49.4 Å². The van der Waals surface area contributed by atoms with E-state index >= 15 is 0 Å². The molecule has 2 aromatic carbocycles. The topological polar surface area (TPSA) is 75.2 Å². The fourth-order valence-corrected chi connectivity index (χ4v) is 3.83. The van der Waals surface area contributed by atoms with Gasteiger partial charge in [0.1, 0.15) is 5.70 Å². The predicted molar refractivity (Wildman–Crippen MR) is 123 cm³/mol. The van der Waals surface area contributed by atoms with Crippen LogP contribution in [-0.4, -0.2) is 39.8 Å². The van der Waals surface area contributed by atoms with E-state index in [9.17, 15) is 9.59 Å². The first-order valence-corrected chi connectivity index (χ1v) is 10.9. The number of rotatable bonds is 8. The van der Waals surface area contributed by atoms with Crippen molar-refractivity contribution in [1.82, 2.24) is 20.2 Å². The summed E-state index contributed by atoms with van der Waals surface area (Å²) in [6, 6.07) is 20.0. The zero-order valence-electron chi connectivity index (χ0n) is 17.5. The molecular weight excluding hydrogens is 408 g/mol. The van der Waals surface area contributed by atoms with Crippen LogP contribution in [0, 0.1) is 0 Å². The number of carbonyl (C=O) groups is 2. The van der Waals surface area contributed by atoms with Gasteiger partial charge in [-0.3, -0.25) is 9.59 Å². The lowest BCUT2D eigenvalue weighted by molar-refractivity contribution is -0.127. The molecule has 1 N–H and O–H groups in total. The summed E-state index contributed by atoms with van der Waals surface area (Å²) in [5, 5.41) is 3.36. The highest BCUT2D eigenvalue weighted by molar-refractivity contribution is 8.08. The molecule has 3 aromatic rings. The average molecular weight is 433 g/mol. The first-order valence-electron chi connectivity index (χ1n) is 10.0. The van der Waals surface area contributed by atoms with Gasteiger partial charge in [-0.1, -0.05) is 48.5 Å². The molecule has 0 bridgehead atoms. The molecule has 0 unspecified atom stereocenters. The Kier molecular flexibility index (Phi) is 7.95. The third-order valence-electron chi connectivity index (χ3n) is 4.54. The second kappa shape index (κ2) is 11.1. The number of carbonyl (C=O) groups excluding carboxylic acids is 2. The Balaban J connectivity index is 2.13. The number of benzene rings is 2. The summed E-state index contributed by atoms with van der Waals surface area (Å²) in [6.07, 6.45) is 3.29. The van der Waals surface area contributed by atoms with Gasteiger partial charge in [-0.15, -0.1) is 0 Å². The molecule has 0 fully saturated rings. The summed E-state index contributed by atoms with van der Waals surface area (Å²) in [5.74, 6) is -0.601. The van der Waals surface area contributed by atoms with Crippen LogP contribution < -0.4 is 5.32 Å². The Bertz CT molecular complexity index is 1040. The Morgan fingerprint density at radius 3 is 1.94 bits per heavy atom. The number of hydrogen-bond acceptors (Lipinski definition) is 5. The number of thioether (sulfide) groups is 1. The summed E-state index contributed by atoms with van der Waals surface area (Å²) < 4.78 is 0. The zero-order valence-corrected chi connectivity index (χ0v) is 18.3. The van der Waals surface area contributed by atoms with Crippen molar-refractivity contribution in [2.24, 2.45) is 0 Å². The molecule has 31 heavy (non-hydrogen) atoms. The van der Waals surface area contributed by atoms with Crippen molar-refractivity contribution in [3.05, 3.63) is 95.9 Å². The monoisotopic (exact) mass is 432 g/mol. The lowest BCUT2D eigenvalue weighted by Gasteiger charge is -2.23. The van der Waals surface area contributed by atoms with Crippen LogP contribution in [0.4, 0.5) is 0 Å². The van der Waals surface area contributed by atoms with Crippen molar-refractivity contribution < 1.29 is 9.59 Å². The molecule has 0 radical (unpaired) electrons. The molecule has 7 heteroatoms. The van der Waals surface area contributed by atoms with E-state index in [2.05, 4.69) is 15.3 Å². The average Bonchev–Trinajstić information content (AvgIpc) is 2.83. The van der Waals surface area contributed by atoms with Crippen LogP contribution in [0.25, 0.3) is 4.91 Å². The summed E-state index contributed by atoms with van der Waals surface area (Å²) in [7, 11) is 0. The van der Waals surface area contributed by atoms with Gasteiger partial charge in [-0.2, -0.15) is 0 Å². The number of hydrogen-bond donors (Lipinski definition) is 1. The lowest BCUT2D eigenvalue weighted by Crippen LogP contribution is -2.38. The highest BCUT2D eigenvalue weighted by Gasteiger charge is 2.25. The van der Waals surface area contributed by atoms with Gasteiger partial charge in [0.25, 0.3) is 11.8 Å². The second-order valence-electron chi connectivity index (χ2n) is 6.50. The minimum Gasteiger partial charge on any atom is -0.338 e. The number of amides is 2. The minimum atomic E-state index is -0.348. The number of nitrogens with one attached hydrogen (secondary N) is 1. The first kappa shape index (κ1) is 22.2. The largest absolute Gasteiger partial charge is 0.338 e. The van der Waals surface area contributed by atoms with Crippen LogP contribution in [0.1, 0.15) is 29.8 Å². The lowest BCUT2D eigenvalue weighted by atomic mass is 10.1. The quantitative estimate of drug-likeness (QED) is 0.327. The highest BCUT2D eigenvalue weighted by Crippen LogP contribution is 2.34. The number of nitrogens with zero attached hydrogens (tertiary/aromatic N) is 3. The Morgan fingerprint density at radius 2 is 1.39 bits per heavy atom. The number of aromatic nitrogens is 2. The molecule has 0 spiro atoms. The summed E-state index contributed by atoms with van der Waals surface area (Å²) >= 11 is 1.25. The zero-order chi connectivity index (χ0) is 22.1. The molecule has 0 atom stereocenters. The van der Waals surface area contributed by atoms with Crippen molar-refractivity contribution in [1.29, 1.82) is 0 Å². The Labute approximate surface area is 186 Å². The van der Waals surface area contributed by atoms with Crippen molar-refractivity contribution in [2.75, 3.05) is 13.1 Å². The Hall–Kier alpha value is -3.45. The van der Waals surface area contributed by atoms with Gasteiger partial charge in [0.05, 0.1) is 4.91 Å². The maximum absolute atomic E-state index is 13.5. The van der Waals surface area contributed by atoms with Gasteiger partial charge < -0.3 is 10.2 Å². The van der Waals surface area contributed by atoms with Gasteiger partial charge in [0.15, 0.2) is 5.16 Å². The fourth-order valence-electron chi connectivity index (χ4n) is 2.92. The van der Waals surface area contributed by atoms with E-state index < -0.39 is 0 Å². The maximum atomic E-state index is 13.5. The SMILES string of the molecule is CCN(CC)C(=O)/C(NC(=O)c1ccccc1)=C(\Sc1ncccn1)c1ccccc1. The van der Waals surface area contributed by atoms with Crippen molar-refractivity contribution in [2.45, 2.75) is 19.0 Å². The van der Waals surface area contributed by atoms with Crippen LogP contribution in [0.2, 0.25) is 0 Å². The van der Waals surface area contributed by atoms with E-state index in [1.165, 1.54) is 11.8 Å². The molecule has 158 valence electrons. The van der Waals surface area contributed by atoms with E-state index in [-0.39, 0.29) is 17.5 Å². The van der Waals surface area contributed by atoms with Crippen LogP contribution in [0.15, 0.2) is 90.0 Å². The molecule has 1 heterocycles. The molecule has 0 aliphatic carbocycles. The van der Waals surface area contributed by atoms with Gasteiger partial charge >= 0.3 is 0 Å². The van der Waals surface area contributed by atoms with Crippen molar-refractivity contribution in [3.63, 3.8) is 0 Å². The molecule has 0 saturated heterocycles. The molecule has 0 aliphatic rings. The third kappa shape index (κ3) is 5.79. The van der Waals surface area contributed by atoms with E-state index in [1.807, 2.05) is 50.2 Å².